The van der Waals surface area contributed by atoms with Crippen LogP contribution in [0.15, 0.2) is 36.4 Å². The number of methoxy groups -OCH3 is 1. The number of hydrogen-bond acceptors (Lipinski definition) is 6. The second kappa shape index (κ2) is 12.7. The van der Waals surface area contributed by atoms with Gasteiger partial charge in [-0.1, -0.05) is 48.2 Å². The molecule has 1 atom stereocenters. The van der Waals surface area contributed by atoms with Gasteiger partial charge in [0.05, 0.1) is 26.7 Å². The Hall–Kier alpha value is -2.73. The highest BCUT2D eigenvalue weighted by Crippen LogP contribution is 2.35. The zero-order valence-electron chi connectivity index (χ0n) is 20.2. The van der Waals surface area contributed by atoms with Gasteiger partial charge in [0, 0.05) is 30.6 Å². The second-order valence-corrected chi connectivity index (χ2v) is 9.20. The van der Waals surface area contributed by atoms with E-state index in [1.807, 2.05) is 12.3 Å². The average molecular weight is 483 g/mol. The largest absolute Gasteiger partial charge is 0.496 e. The molecule has 0 aromatic heterocycles. The van der Waals surface area contributed by atoms with Gasteiger partial charge in [0.2, 0.25) is 11.8 Å². The summed E-state index contributed by atoms with van der Waals surface area (Å²) in [6.07, 6.45) is 9.08. The van der Waals surface area contributed by atoms with Gasteiger partial charge in [-0.15, -0.1) is 6.42 Å². The van der Waals surface area contributed by atoms with Crippen molar-refractivity contribution in [3.05, 3.63) is 42.0 Å². The first-order valence-electron chi connectivity index (χ1n) is 11.6. The summed E-state index contributed by atoms with van der Waals surface area (Å²) in [6.45, 7) is 4.54. The number of amides is 2. The zero-order valence-corrected chi connectivity index (χ0v) is 21.0. The number of piperidine rings is 1. The molecule has 1 heterocycles. The molecule has 1 fully saturated rings. The van der Waals surface area contributed by atoms with Crippen molar-refractivity contribution in [2.45, 2.75) is 31.8 Å². The molecule has 2 aromatic rings. The summed E-state index contributed by atoms with van der Waals surface area (Å²) in [7, 11) is 1.71. The number of fused-ring (bicyclic) bond motifs is 1. The number of carbonyl (C=O) groups is 2. The minimum Gasteiger partial charge on any atom is -0.496 e. The molecule has 182 valence electrons. The number of nitrogens with one attached hydrogen (secondary N) is 2. The lowest BCUT2D eigenvalue weighted by Gasteiger charge is -2.40. The summed E-state index contributed by atoms with van der Waals surface area (Å²) in [5.41, 5.74) is 1.30. The summed E-state index contributed by atoms with van der Waals surface area (Å²) in [4.78, 5) is 26.5. The number of rotatable bonds is 10. The molecule has 3 rings (SSSR count). The molecule has 1 unspecified atom stereocenters. The van der Waals surface area contributed by atoms with Crippen LogP contribution in [0.1, 0.15) is 31.4 Å². The van der Waals surface area contributed by atoms with E-state index in [1.54, 1.807) is 19.1 Å². The summed E-state index contributed by atoms with van der Waals surface area (Å²) >= 11 is 1.58. The Kier molecular flexibility index (Phi) is 9.63. The van der Waals surface area contributed by atoms with Gasteiger partial charge < -0.3 is 15.4 Å². The first-order valence-corrected chi connectivity index (χ1v) is 12.7. The average Bonchev–Trinajstić information content (AvgIpc) is 2.88. The van der Waals surface area contributed by atoms with Crippen molar-refractivity contribution in [1.82, 2.24) is 19.8 Å². The molecule has 2 amide bonds. The Labute approximate surface area is 206 Å². The van der Waals surface area contributed by atoms with E-state index >= 15 is 0 Å². The van der Waals surface area contributed by atoms with Crippen molar-refractivity contribution < 1.29 is 14.3 Å². The number of carbonyl (C=O) groups excluding carboxylic acids is 2. The van der Waals surface area contributed by atoms with Gasteiger partial charge in [0.15, 0.2) is 0 Å². The summed E-state index contributed by atoms with van der Waals surface area (Å²) < 4.78 is 7.68. The maximum atomic E-state index is 12.4. The van der Waals surface area contributed by atoms with Crippen molar-refractivity contribution in [2.75, 3.05) is 46.1 Å². The topological polar surface area (TPSA) is 73.9 Å². The van der Waals surface area contributed by atoms with Crippen LogP contribution in [0, 0.1) is 12.3 Å². The predicted molar refractivity (Wildman–Crippen MR) is 139 cm³/mol. The molecular weight excluding hydrogens is 448 g/mol. The second-order valence-electron chi connectivity index (χ2n) is 8.36. The number of likely N-dealkylation sites (tertiary alicyclic amines) is 1. The van der Waals surface area contributed by atoms with E-state index in [9.17, 15) is 9.59 Å². The highest BCUT2D eigenvalue weighted by molar-refractivity contribution is 7.96. The number of nitrogens with zero attached hydrogens (tertiary/aromatic N) is 2. The first kappa shape index (κ1) is 25.9. The monoisotopic (exact) mass is 482 g/mol. The summed E-state index contributed by atoms with van der Waals surface area (Å²) in [5, 5.41) is 7.58. The molecule has 2 N–H and O–H groups in total. The van der Waals surface area contributed by atoms with E-state index in [2.05, 4.69) is 63.0 Å². The minimum absolute atomic E-state index is 0.0610. The smallest absolute Gasteiger partial charge is 0.240 e. The third-order valence-electron chi connectivity index (χ3n) is 6.41. The fourth-order valence-corrected chi connectivity index (χ4v) is 5.28. The number of hydrogen-bond donors (Lipinski definition) is 2. The van der Waals surface area contributed by atoms with Crippen LogP contribution >= 0.6 is 11.9 Å². The Balaban J connectivity index is 1.56. The normalized spacial score (nSPS) is 15.6. The van der Waals surface area contributed by atoms with Crippen LogP contribution in [0.4, 0.5) is 0 Å². The van der Waals surface area contributed by atoms with Crippen molar-refractivity contribution in [3.63, 3.8) is 0 Å². The minimum atomic E-state index is -0.282. The van der Waals surface area contributed by atoms with Crippen LogP contribution in [0.2, 0.25) is 0 Å². The highest BCUT2D eigenvalue weighted by atomic mass is 32.2. The van der Waals surface area contributed by atoms with Gasteiger partial charge in [-0.05, 0) is 43.0 Å². The Morgan fingerprint density at radius 3 is 2.53 bits per heavy atom. The quantitative estimate of drug-likeness (QED) is 0.401. The van der Waals surface area contributed by atoms with Crippen LogP contribution in [0.3, 0.4) is 0 Å². The van der Waals surface area contributed by atoms with Crippen molar-refractivity contribution >= 4 is 34.5 Å². The lowest BCUT2D eigenvalue weighted by molar-refractivity contribution is -0.126. The molecule has 0 saturated carbocycles. The fraction of sp³-hybridized carbons (Fsp3) is 0.462. The van der Waals surface area contributed by atoms with E-state index in [1.165, 1.54) is 10.9 Å². The van der Waals surface area contributed by atoms with Crippen LogP contribution in [-0.4, -0.2) is 73.2 Å². The molecule has 0 bridgehead atoms. The molecule has 8 heteroatoms. The van der Waals surface area contributed by atoms with E-state index in [4.69, 9.17) is 11.2 Å². The van der Waals surface area contributed by atoms with Gasteiger partial charge >= 0.3 is 0 Å². The molecule has 34 heavy (non-hydrogen) atoms. The predicted octanol–water partition coefficient (Wildman–Crippen LogP) is 2.82. The number of terminal acetylenes is 1. The van der Waals surface area contributed by atoms with Crippen LogP contribution in [0.25, 0.3) is 10.8 Å². The van der Waals surface area contributed by atoms with Crippen LogP contribution in [0.5, 0.6) is 5.75 Å². The van der Waals surface area contributed by atoms with E-state index in [0.717, 1.165) is 37.1 Å². The maximum absolute atomic E-state index is 12.4. The Bertz CT molecular complexity index is 1030. The van der Waals surface area contributed by atoms with Gasteiger partial charge in [0.25, 0.3) is 0 Å². The summed E-state index contributed by atoms with van der Waals surface area (Å²) in [5.74, 6) is 2.79. The molecule has 1 saturated heterocycles. The number of ether oxygens (including phenoxy) is 1. The van der Waals surface area contributed by atoms with Crippen LogP contribution in [-0.2, 0) is 9.59 Å². The Morgan fingerprint density at radius 1 is 1.18 bits per heavy atom. The van der Waals surface area contributed by atoms with E-state index in [-0.39, 0.29) is 37.5 Å². The third-order valence-corrected chi connectivity index (χ3v) is 7.31. The lowest BCUT2D eigenvalue weighted by atomic mass is 9.95. The van der Waals surface area contributed by atoms with Crippen molar-refractivity contribution in [2.24, 2.45) is 0 Å². The molecule has 0 spiro atoms. The summed E-state index contributed by atoms with van der Waals surface area (Å²) in [6, 6.07) is 13.2. The molecule has 2 aromatic carbocycles. The first-order chi connectivity index (χ1) is 16.5. The van der Waals surface area contributed by atoms with Crippen LogP contribution < -0.4 is 15.4 Å². The maximum Gasteiger partial charge on any atom is 0.240 e. The number of benzene rings is 2. The molecule has 1 aliphatic heterocycles. The van der Waals surface area contributed by atoms with Crippen molar-refractivity contribution in [3.8, 4) is 18.1 Å². The highest BCUT2D eigenvalue weighted by Gasteiger charge is 2.29. The fourth-order valence-electron chi connectivity index (χ4n) is 4.53. The lowest BCUT2D eigenvalue weighted by Crippen LogP contribution is -2.47. The third kappa shape index (κ3) is 6.44. The molecular formula is C26H34N4O3S. The Morgan fingerprint density at radius 2 is 1.88 bits per heavy atom. The molecule has 7 nitrogen and oxygen atoms in total. The van der Waals surface area contributed by atoms with E-state index < -0.39 is 0 Å². The van der Waals surface area contributed by atoms with Gasteiger partial charge in [-0.3, -0.25) is 14.5 Å². The van der Waals surface area contributed by atoms with Gasteiger partial charge in [0.1, 0.15) is 5.75 Å². The SMILES string of the molecule is C#CCNC(=O)CNC(=O)CN(SC)C1CCN(C(C)c2ccc(OC)c3ccccc23)CC1. The standard InChI is InChI=1S/C26H34N4O3S/c1-5-14-27-25(31)17-28-26(32)18-30(34-4)20-12-15-29(16-13-20)19(2)21-10-11-24(33-3)23-9-7-6-8-22(21)23/h1,6-11,19-20H,12-18H2,2-4H3,(H,27,31)(H,28,32). The molecule has 0 aliphatic carbocycles. The van der Waals surface area contributed by atoms with Crippen molar-refractivity contribution in [1.29, 1.82) is 0 Å². The van der Waals surface area contributed by atoms with E-state index in [0.29, 0.717) is 6.04 Å². The zero-order chi connectivity index (χ0) is 24.5. The van der Waals surface area contributed by atoms with Gasteiger partial charge in [-0.25, -0.2) is 4.31 Å². The van der Waals surface area contributed by atoms with Gasteiger partial charge in [-0.2, -0.15) is 0 Å². The molecule has 1 aliphatic rings. The molecule has 0 radical (unpaired) electrons.